The molecule has 0 radical (unpaired) electrons. The van der Waals surface area contributed by atoms with Gasteiger partial charge < -0.3 is 9.84 Å². The first kappa shape index (κ1) is 10.7. The van der Waals surface area contributed by atoms with Crippen molar-refractivity contribution < 1.29 is 37.0 Å². The molecule has 0 amide bonds. The highest BCUT2D eigenvalue weighted by atomic mass is 19.4. The van der Waals surface area contributed by atoms with Crippen LogP contribution in [-0.4, -0.2) is 12.2 Å². The average Bonchev–Trinajstić information content (AvgIpc) is 2.64. The van der Waals surface area contributed by atoms with Gasteiger partial charge in [-0.2, -0.15) is 13.2 Å². The van der Waals surface area contributed by atoms with Crippen LogP contribution in [-0.2, 0) is 12.8 Å². The van der Waals surface area contributed by atoms with Crippen molar-refractivity contribution in [2.75, 3.05) is 7.11 Å². The molecule has 0 atom stereocenters. The van der Waals surface area contributed by atoms with Gasteiger partial charge in [-0.3, -0.25) is 0 Å². The molecule has 0 aromatic heterocycles. The zero-order valence-corrected chi connectivity index (χ0v) is 12.5. The van der Waals surface area contributed by atoms with Crippen molar-refractivity contribution >= 4 is 0 Å². The van der Waals surface area contributed by atoms with Crippen molar-refractivity contribution in [3.8, 4) is 16.9 Å². The fourth-order valence-electron chi connectivity index (χ4n) is 2.29. The fraction of sp³-hybridized carbons (Fsp3) is 0.333. The molecule has 0 fully saturated rings. The number of methoxy groups -OCH3 is 1. The maximum Gasteiger partial charge on any atom is 0.416 e. The van der Waals surface area contributed by atoms with Gasteiger partial charge in [0.1, 0.15) is 11.6 Å². The maximum atomic E-state index is 14.8. The molecule has 2 rings (SSSR count). The number of ether oxygens (including phenoxy) is 1. The molecule has 2 aromatic rings. The minimum atomic E-state index is -4.71. The standard InChI is InChI=1S/C18H18F4O2/c1-10(2)14-7-15(17(24-3)8-16(14)19)13-5-4-12(18(20,21)22)6-11(13)9-23/h4-8,10,23H,9H2,1-3H3/i1+1D3,2+1D3,10D. The van der Waals surface area contributed by atoms with Gasteiger partial charge in [-0.25, -0.2) is 4.39 Å². The summed E-state index contributed by atoms with van der Waals surface area (Å²) in [7, 11) is 1.11. The van der Waals surface area contributed by atoms with E-state index in [1.165, 1.54) is 0 Å². The van der Waals surface area contributed by atoms with Crippen LogP contribution in [0.5, 0.6) is 5.75 Å². The first-order valence-electron chi connectivity index (χ1n) is 10.2. The number of alkyl halides is 3. The van der Waals surface area contributed by atoms with E-state index in [4.69, 9.17) is 14.3 Å². The SMILES string of the molecule is [2H]C(c1cc(-c2ccc(C(F)(F)F)cc2CO)c(OC)cc1F)([13C]([2H])([2H])[2H])[13C]([2H])([2H])[2H]. The molecule has 1 N–H and O–H groups in total. The van der Waals surface area contributed by atoms with Crippen molar-refractivity contribution in [3.05, 3.63) is 52.8 Å². The largest absolute Gasteiger partial charge is 0.496 e. The van der Waals surface area contributed by atoms with Crippen molar-refractivity contribution in [2.45, 2.75) is 32.4 Å². The van der Waals surface area contributed by atoms with E-state index in [0.717, 1.165) is 19.2 Å². The third-order valence-corrected chi connectivity index (χ3v) is 3.45. The Hall–Kier alpha value is -2.08. The van der Waals surface area contributed by atoms with E-state index >= 15 is 0 Å². The van der Waals surface area contributed by atoms with Crippen molar-refractivity contribution in [2.24, 2.45) is 0 Å². The maximum absolute atomic E-state index is 14.8. The second-order valence-corrected chi connectivity index (χ2v) is 4.94. The topological polar surface area (TPSA) is 29.5 Å². The molecule has 6 heteroatoms. The summed E-state index contributed by atoms with van der Waals surface area (Å²) in [5.41, 5.74) is -2.58. The first-order valence-corrected chi connectivity index (χ1v) is 6.68. The highest BCUT2D eigenvalue weighted by Crippen LogP contribution is 2.39. The summed E-state index contributed by atoms with van der Waals surface area (Å²) >= 11 is 0. The van der Waals surface area contributed by atoms with Gasteiger partial charge in [0.2, 0.25) is 0 Å². The Morgan fingerprint density at radius 3 is 2.46 bits per heavy atom. The van der Waals surface area contributed by atoms with Gasteiger partial charge in [0.25, 0.3) is 0 Å². The zero-order valence-electron chi connectivity index (χ0n) is 19.5. The molecule has 0 aliphatic heterocycles. The summed E-state index contributed by atoms with van der Waals surface area (Å²) in [6.07, 6.45) is -4.71. The van der Waals surface area contributed by atoms with E-state index in [1.807, 2.05) is 0 Å². The quantitative estimate of drug-likeness (QED) is 0.611. The van der Waals surface area contributed by atoms with E-state index in [2.05, 4.69) is 0 Å². The monoisotopic (exact) mass is 351 g/mol. The van der Waals surface area contributed by atoms with E-state index in [0.29, 0.717) is 18.2 Å². The Morgan fingerprint density at radius 1 is 1.21 bits per heavy atom. The molecule has 0 aliphatic rings. The van der Waals surface area contributed by atoms with Crippen molar-refractivity contribution in [1.82, 2.24) is 0 Å². The van der Waals surface area contributed by atoms with Gasteiger partial charge in [-0.1, -0.05) is 19.8 Å². The summed E-state index contributed by atoms with van der Waals surface area (Å²) in [6, 6.07) is 3.72. The summed E-state index contributed by atoms with van der Waals surface area (Å²) in [5, 5.41) is 9.58. The lowest BCUT2D eigenvalue weighted by Gasteiger charge is -2.17. The number of aliphatic hydroxyl groups excluding tert-OH is 1. The Labute approximate surface area is 147 Å². The predicted molar refractivity (Wildman–Crippen MR) is 83.4 cm³/mol. The number of hydrogen-bond acceptors (Lipinski definition) is 2. The van der Waals surface area contributed by atoms with E-state index in [9.17, 15) is 22.7 Å². The Balaban J connectivity index is 2.89. The molecule has 0 spiro atoms. The smallest absolute Gasteiger partial charge is 0.416 e. The first-order chi connectivity index (χ1) is 14.0. The van der Waals surface area contributed by atoms with Crippen LogP contribution >= 0.6 is 0 Å². The highest BCUT2D eigenvalue weighted by molar-refractivity contribution is 5.74. The summed E-state index contributed by atoms with van der Waals surface area (Å²) in [4.78, 5) is 0. The average molecular weight is 351 g/mol. The second kappa shape index (κ2) is 6.81. The number of hydrogen-bond donors (Lipinski definition) is 1. The minimum absolute atomic E-state index is 0.0768. The van der Waals surface area contributed by atoms with Gasteiger partial charge in [-0.05, 0) is 40.8 Å². The molecule has 2 aromatic carbocycles. The number of rotatable bonds is 4. The summed E-state index contributed by atoms with van der Waals surface area (Å²) in [5.74, 6) is -4.98. The van der Waals surface area contributed by atoms with Crippen LogP contribution in [0.3, 0.4) is 0 Å². The molecule has 0 heterocycles. The van der Waals surface area contributed by atoms with Gasteiger partial charge in [0.15, 0.2) is 0 Å². The number of aliphatic hydroxyl groups is 1. The predicted octanol–water partition coefficient (Wildman–Crippen LogP) is 5.14. The molecular formula is C18H18F4O2. The van der Waals surface area contributed by atoms with E-state index in [1.54, 1.807) is 0 Å². The fourth-order valence-corrected chi connectivity index (χ4v) is 2.29. The third kappa shape index (κ3) is 3.53. The van der Waals surface area contributed by atoms with Crippen LogP contribution in [0.4, 0.5) is 17.6 Å². The molecule has 0 saturated carbocycles. The third-order valence-electron chi connectivity index (χ3n) is 3.45. The Bertz CT molecular complexity index is 955. The normalized spacial score (nSPS) is 17.7. The van der Waals surface area contributed by atoms with Crippen LogP contribution < -0.4 is 4.74 Å². The molecule has 24 heavy (non-hydrogen) atoms. The molecule has 0 bridgehead atoms. The van der Waals surface area contributed by atoms with Crippen LogP contribution in [0, 0.1) is 5.82 Å². The molecule has 0 saturated heterocycles. The minimum Gasteiger partial charge on any atom is -0.496 e. The van der Waals surface area contributed by atoms with Crippen molar-refractivity contribution in [1.29, 1.82) is 0 Å². The van der Waals surface area contributed by atoms with E-state index < -0.39 is 49.3 Å². The summed E-state index contributed by atoms with van der Waals surface area (Å²) in [6.45, 7) is -7.82. The highest BCUT2D eigenvalue weighted by Gasteiger charge is 2.31. The van der Waals surface area contributed by atoms with Crippen LogP contribution in [0.2, 0.25) is 0 Å². The molecule has 0 aliphatic carbocycles. The Morgan fingerprint density at radius 2 is 1.92 bits per heavy atom. The molecule has 2 nitrogen and oxygen atoms in total. The van der Waals surface area contributed by atoms with Gasteiger partial charge in [0, 0.05) is 21.2 Å². The van der Waals surface area contributed by atoms with Crippen LogP contribution in [0.25, 0.3) is 11.1 Å². The summed E-state index contributed by atoms with van der Waals surface area (Å²) < 4.78 is 112. The molecular weight excluding hydrogens is 326 g/mol. The Kier molecular flexibility index (Phi) is 3.04. The second-order valence-electron chi connectivity index (χ2n) is 4.94. The lowest BCUT2D eigenvalue weighted by Crippen LogP contribution is -2.06. The van der Waals surface area contributed by atoms with Crippen LogP contribution in [0.15, 0.2) is 30.3 Å². The molecule has 0 unspecified atom stereocenters. The number of benzene rings is 2. The lowest BCUT2D eigenvalue weighted by atomic mass is 9.94. The van der Waals surface area contributed by atoms with Crippen LogP contribution in [0.1, 0.15) is 45.9 Å². The van der Waals surface area contributed by atoms with Gasteiger partial charge in [-0.15, -0.1) is 0 Å². The van der Waals surface area contributed by atoms with Gasteiger partial charge in [0.05, 0.1) is 19.3 Å². The zero-order chi connectivity index (χ0) is 24.0. The van der Waals surface area contributed by atoms with E-state index in [-0.39, 0.29) is 22.4 Å². The van der Waals surface area contributed by atoms with Crippen molar-refractivity contribution in [3.63, 3.8) is 0 Å². The van der Waals surface area contributed by atoms with Gasteiger partial charge >= 0.3 is 6.18 Å². The number of halogens is 4. The lowest BCUT2D eigenvalue weighted by molar-refractivity contribution is -0.137. The molecule has 130 valence electrons.